The zero-order valence-electron chi connectivity index (χ0n) is 32.3. The van der Waals surface area contributed by atoms with E-state index in [1.165, 1.54) is 0 Å². The Balaban J connectivity index is 1.28. The molecule has 3 unspecified atom stereocenters. The number of carbonyl (C=O) groups excluding carboxylic acids is 2. The molecule has 9 rings (SSSR count). The molecule has 4 heterocycles. The fourth-order valence-corrected chi connectivity index (χ4v) is 12.4. The SMILES string of the molecule is C=C(C)[C@@]12C[C@@H](COC(=O)c3ccccc3)[C@@]34OC5(O[C@H]1[C@@H]3[C@@H]1O[C@]1(CO)[C@@H](O)[C@@]1(O)C4C([C@H](C)CCCCCC[C@@H]5O)[C@H](C)[C@@H]1OC(=O)c1ccccc1)O2. The van der Waals surface area contributed by atoms with Crippen molar-refractivity contribution in [2.45, 2.75) is 125 Å². The van der Waals surface area contributed by atoms with Gasteiger partial charge in [0.25, 0.3) is 0 Å². The minimum absolute atomic E-state index is 0.0865. The highest BCUT2D eigenvalue weighted by Gasteiger charge is 2.91. The number of rotatable bonds is 7. The number of hydrogen-bond acceptors (Lipinski definition) is 12. The normalized spacial score (nSPS) is 47.3. The fourth-order valence-electron chi connectivity index (χ4n) is 12.4. The fraction of sp³-hybridized carbons (Fsp3) is 0.636. The van der Waals surface area contributed by atoms with Gasteiger partial charge in [-0.3, -0.25) is 0 Å². The molecule has 0 amide bonds. The molecule has 3 bridgehead atoms. The molecular weight excluding hydrogens is 720 g/mol. The van der Waals surface area contributed by atoms with E-state index in [9.17, 15) is 30.0 Å². The molecule has 7 fully saturated rings. The molecule has 0 radical (unpaired) electrons. The van der Waals surface area contributed by atoms with Crippen LogP contribution in [0.2, 0.25) is 0 Å². The van der Waals surface area contributed by atoms with Crippen molar-refractivity contribution in [3.63, 3.8) is 0 Å². The Morgan fingerprint density at radius 2 is 1.52 bits per heavy atom. The van der Waals surface area contributed by atoms with Crippen LogP contribution >= 0.6 is 0 Å². The summed E-state index contributed by atoms with van der Waals surface area (Å²) in [6.07, 6.45) is -1.51. The highest BCUT2D eigenvalue weighted by molar-refractivity contribution is 5.90. The van der Waals surface area contributed by atoms with E-state index in [2.05, 4.69) is 13.5 Å². The van der Waals surface area contributed by atoms with Gasteiger partial charge >= 0.3 is 17.9 Å². The van der Waals surface area contributed by atoms with Gasteiger partial charge in [0.2, 0.25) is 0 Å². The van der Waals surface area contributed by atoms with Crippen molar-refractivity contribution in [2.75, 3.05) is 13.2 Å². The van der Waals surface area contributed by atoms with Crippen molar-refractivity contribution in [1.29, 1.82) is 0 Å². The molecule has 56 heavy (non-hydrogen) atoms. The summed E-state index contributed by atoms with van der Waals surface area (Å²) in [5, 5.41) is 50.1. The summed E-state index contributed by atoms with van der Waals surface area (Å²) in [6, 6.07) is 17.2. The number of fused-ring (bicyclic) bond motifs is 1. The molecule has 7 aliphatic rings. The Kier molecular flexibility index (Phi) is 9.19. The summed E-state index contributed by atoms with van der Waals surface area (Å²) in [4.78, 5) is 27.7. The average Bonchev–Trinajstić information content (AvgIpc) is 3.84. The number of carbonyl (C=O) groups is 2. The molecule has 3 aliphatic carbocycles. The van der Waals surface area contributed by atoms with Gasteiger partial charge in [0.05, 0.1) is 29.9 Å². The zero-order valence-corrected chi connectivity index (χ0v) is 32.3. The predicted octanol–water partition coefficient (Wildman–Crippen LogP) is 4.33. The van der Waals surface area contributed by atoms with Gasteiger partial charge < -0.3 is 48.8 Å². The summed E-state index contributed by atoms with van der Waals surface area (Å²) < 4.78 is 40.4. The second-order valence-electron chi connectivity index (χ2n) is 17.8. The third-order valence-corrected chi connectivity index (χ3v) is 14.9. The van der Waals surface area contributed by atoms with Gasteiger partial charge in [-0.25, -0.2) is 9.59 Å². The molecule has 12 heteroatoms. The van der Waals surface area contributed by atoms with Crippen molar-refractivity contribution in [2.24, 2.45) is 35.5 Å². The third-order valence-electron chi connectivity index (χ3n) is 14.9. The molecule has 4 saturated heterocycles. The zero-order chi connectivity index (χ0) is 39.4. The lowest BCUT2D eigenvalue weighted by molar-refractivity contribution is -0.459. The highest BCUT2D eigenvalue weighted by atomic mass is 16.9. The Morgan fingerprint density at radius 3 is 2.16 bits per heavy atom. The minimum atomic E-state index is -2.27. The van der Waals surface area contributed by atoms with Crippen LogP contribution < -0.4 is 0 Å². The molecule has 12 nitrogen and oxygen atoms in total. The molecule has 2 aromatic carbocycles. The highest BCUT2D eigenvalue weighted by Crippen LogP contribution is 2.75. The molecular formula is C44H54O12. The van der Waals surface area contributed by atoms with E-state index in [-0.39, 0.29) is 24.5 Å². The third kappa shape index (κ3) is 5.12. The maximum Gasteiger partial charge on any atom is 0.338 e. The molecule has 4 N–H and O–H groups in total. The lowest BCUT2D eigenvalue weighted by atomic mass is 9.51. The van der Waals surface area contributed by atoms with E-state index in [0.717, 1.165) is 25.7 Å². The Morgan fingerprint density at radius 1 is 0.875 bits per heavy atom. The maximum atomic E-state index is 14.0. The number of esters is 2. The van der Waals surface area contributed by atoms with Crippen LogP contribution in [0.3, 0.4) is 0 Å². The summed E-state index contributed by atoms with van der Waals surface area (Å²) in [5.74, 6) is -6.91. The van der Waals surface area contributed by atoms with Crippen molar-refractivity contribution >= 4 is 11.9 Å². The Hall–Kier alpha value is -3.20. The molecule has 2 spiro atoms. The Bertz CT molecular complexity index is 1860. The number of hydrogen-bond donors (Lipinski definition) is 4. The van der Waals surface area contributed by atoms with Crippen molar-refractivity contribution < 1.29 is 58.4 Å². The molecule has 3 saturated carbocycles. The minimum Gasteiger partial charge on any atom is -0.462 e. The van der Waals surface area contributed by atoms with Crippen LogP contribution in [-0.4, -0.2) is 104 Å². The van der Waals surface area contributed by atoms with Gasteiger partial charge in [-0.15, -0.1) is 0 Å². The van der Waals surface area contributed by atoms with E-state index in [1.807, 2.05) is 19.9 Å². The van der Waals surface area contributed by atoms with Crippen molar-refractivity contribution in [3.8, 4) is 0 Å². The van der Waals surface area contributed by atoms with E-state index < -0.39 is 107 Å². The molecule has 302 valence electrons. The molecule has 16 atom stereocenters. The van der Waals surface area contributed by atoms with Gasteiger partial charge in [0, 0.05) is 17.8 Å². The predicted molar refractivity (Wildman–Crippen MR) is 199 cm³/mol. The van der Waals surface area contributed by atoms with Crippen LogP contribution in [0.4, 0.5) is 0 Å². The molecule has 2 aromatic rings. The largest absolute Gasteiger partial charge is 0.462 e. The number of aliphatic hydroxyl groups is 4. The maximum absolute atomic E-state index is 14.0. The summed E-state index contributed by atoms with van der Waals surface area (Å²) in [7, 11) is 0. The van der Waals surface area contributed by atoms with Gasteiger partial charge in [-0.2, -0.15) is 0 Å². The lowest BCUT2D eigenvalue weighted by Crippen LogP contribution is -2.75. The first kappa shape index (κ1) is 38.3. The Labute approximate surface area is 327 Å². The van der Waals surface area contributed by atoms with Crippen LogP contribution in [0.5, 0.6) is 0 Å². The second kappa shape index (κ2) is 13.4. The monoisotopic (exact) mass is 774 g/mol. The average molecular weight is 775 g/mol. The van der Waals surface area contributed by atoms with E-state index in [0.29, 0.717) is 24.0 Å². The summed E-state index contributed by atoms with van der Waals surface area (Å²) in [5.41, 5.74) is -5.58. The number of benzene rings is 2. The van der Waals surface area contributed by atoms with Gasteiger partial charge in [-0.1, -0.05) is 88.9 Å². The van der Waals surface area contributed by atoms with Gasteiger partial charge in [0.1, 0.15) is 47.3 Å². The van der Waals surface area contributed by atoms with Crippen LogP contribution in [0, 0.1) is 35.5 Å². The van der Waals surface area contributed by atoms with Gasteiger partial charge in [-0.05, 0) is 67.4 Å². The number of ether oxygens (including phenoxy) is 6. The standard InChI is InChI=1S/C44H54O12/c1-24(2)40-21-29(22-51-37(47)27-16-10-7-11-17-27)43-32-35(40)54-44(55-40,56-43)30(46)20-14-6-5-9-15-25(3)31-26(4)34(52-38(48)28-18-12-8-13-19-28)42(50,33(31)43)39(49)41(23-45)36(32)53-41/h7-8,10-13,16-19,25-26,29-36,39,45-46,49-50H,1,5-6,9,14-15,20-23H2,2-4H3/t25-,26+,29+,30+,31?,32-,33?,34+,35+,36+,39-,40+,41+,42-,43-,44?/m1/s1. The molecule has 4 aliphatic heterocycles. The van der Waals surface area contributed by atoms with Crippen molar-refractivity contribution in [1.82, 2.24) is 0 Å². The van der Waals surface area contributed by atoms with Gasteiger partial charge in [0.15, 0.2) is 0 Å². The van der Waals surface area contributed by atoms with Crippen LogP contribution in [-0.2, 0) is 28.4 Å². The van der Waals surface area contributed by atoms with Crippen molar-refractivity contribution in [3.05, 3.63) is 83.9 Å². The number of epoxide rings is 1. The first-order chi connectivity index (χ1) is 26.8. The number of aliphatic hydroxyl groups excluding tert-OH is 3. The first-order valence-corrected chi connectivity index (χ1v) is 20.4. The van der Waals surface area contributed by atoms with E-state index >= 15 is 0 Å². The van der Waals surface area contributed by atoms with Crippen LogP contribution in [0.15, 0.2) is 72.8 Å². The quantitative estimate of drug-likeness (QED) is 0.179. The summed E-state index contributed by atoms with van der Waals surface area (Å²) >= 11 is 0. The van der Waals surface area contributed by atoms with E-state index in [1.54, 1.807) is 54.6 Å². The first-order valence-electron chi connectivity index (χ1n) is 20.4. The lowest BCUT2D eigenvalue weighted by Gasteiger charge is -2.62. The van der Waals surface area contributed by atoms with Crippen LogP contribution in [0.25, 0.3) is 0 Å². The second-order valence-corrected chi connectivity index (χ2v) is 17.8. The molecule has 0 aromatic heterocycles. The summed E-state index contributed by atoms with van der Waals surface area (Å²) in [6.45, 7) is 9.43. The topological polar surface area (TPSA) is 174 Å². The van der Waals surface area contributed by atoms with E-state index in [4.69, 9.17) is 28.4 Å². The van der Waals surface area contributed by atoms with Crippen LogP contribution in [0.1, 0.15) is 86.4 Å². The smallest absolute Gasteiger partial charge is 0.338 e.